The van der Waals surface area contributed by atoms with Gasteiger partial charge in [-0.2, -0.15) is 4.31 Å². The first-order valence-corrected chi connectivity index (χ1v) is 12.2. The van der Waals surface area contributed by atoms with Crippen molar-refractivity contribution < 1.29 is 8.42 Å². The first-order valence-electron chi connectivity index (χ1n) is 10.7. The lowest BCUT2D eigenvalue weighted by Gasteiger charge is -2.32. The number of likely N-dealkylation sites (N-methyl/N-ethyl adjacent to an activating group) is 1. The molecule has 1 heterocycles. The zero-order valence-electron chi connectivity index (χ0n) is 19.1. The molecule has 1 aliphatic rings. The van der Waals surface area contributed by atoms with Crippen LogP contribution in [0.25, 0.3) is 0 Å². The Morgan fingerprint density at radius 2 is 1.66 bits per heavy atom. The van der Waals surface area contributed by atoms with E-state index in [-0.39, 0.29) is 24.0 Å². The van der Waals surface area contributed by atoms with Crippen molar-refractivity contribution in [3.8, 4) is 0 Å². The fourth-order valence-electron chi connectivity index (χ4n) is 3.62. The summed E-state index contributed by atoms with van der Waals surface area (Å²) < 4.78 is 28.2. The average molecular weight is 572 g/mol. The van der Waals surface area contributed by atoms with Crippen molar-refractivity contribution in [2.75, 3.05) is 46.8 Å². The highest BCUT2D eigenvalue weighted by atomic mass is 127. The lowest BCUT2D eigenvalue weighted by atomic mass is 10.2. The molecular weight excluding hydrogens is 537 g/mol. The molecule has 2 aromatic carbocycles. The molecule has 2 aromatic rings. The van der Waals surface area contributed by atoms with Crippen LogP contribution in [0.15, 0.2) is 64.5 Å². The second kappa shape index (κ2) is 12.5. The van der Waals surface area contributed by atoms with Gasteiger partial charge in [0.25, 0.3) is 0 Å². The average Bonchev–Trinajstić information content (AvgIpc) is 2.77. The number of aliphatic imine (C=N–C) groups is 1. The smallest absolute Gasteiger partial charge is 0.243 e. The minimum atomic E-state index is -3.54. The maximum Gasteiger partial charge on any atom is 0.243 e. The van der Waals surface area contributed by atoms with Crippen LogP contribution in [0, 0.1) is 0 Å². The molecule has 32 heavy (non-hydrogen) atoms. The number of piperazine rings is 1. The van der Waals surface area contributed by atoms with Crippen molar-refractivity contribution in [2.24, 2.45) is 4.99 Å². The van der Waals surface area contributed by atoms with Crippen LogP contribution in [-0.2, 0) is 23.1 Å². The highest BCUT2D eigenvalue weighted by Crippen LogP contribution is 2.22. The minimum absolute atomic E-state index is 0. The van der Waals surface area contributed by atoms with E-state index in [4.69, 9.17) is 4.99 Å². The van der Waals surface area contributed by atoms with Gasteiger partial charge in [0.05, 0.1) is 11.4 Å². The summed E-state index contributed by atoms with van der Waals surface area (Å²) in [7, 11) is 0.460. The van der Waals surface area contributed by atoms with Gasteiger partial charge in [-0.25, -0.2) is 13.4 Å². The van der Waals surface area contributed by atoms with Crippen molar-refractivity contribution in [3.05, 3.63) is 65.7 Å². The second-order valence-electron chi connectivity index (χ2n) is 7.83. The quantitative estimate of drug-likeness (QED) is 0.315. The largest absolute Gasteiger partial charge is 0.357 e. The van der Waals surface area contributed by atoms with E-state index in [9.17, 15) is 8.42 Å². The third-order valence-corrected chi connectivity index (χ3v) is 7.41. The fraction of sp³-hybridized carbons (Fsp3) is 0.435. The molecule has 0 spiro atoms. The SMILES string of the molecule is CCNC(=NCc1ccccc1S(=O)(=O)N1CCN(C)CC1)N(C)Cc1ccccc1.I. The normalized spacial score (nSPS) is 15.8. The zero-order valence-corrected chi connectivity index (χ0v) is 22.2. The summed E-state index contributed by atoms with van der Waals surface area (Å²) in [6, 6.07) is 17.4. The highest BCUT2D eigenvalue weighted by molar-refractivity contribution is 14.0. The molecule has 0 aliphatic carbocycles. The molecule has 0 unspecified atom stereocenters. The predicted molar refractivity (Wildman–Crippen MR) is 141 cm³/mol. The number of halogens is 1. The number of guanidine groups is 1. The zero-order chi connectivity index (χ0) is 22.3. The lowest BCUT2D eigenvalue weighted by molar-refractivity contribution is 0.222. The number of hydrogen-bond acceptors (Lipinski definition) is 4. The predicted octanol–water partition coefficient (Wildman–Crippen LogP) is 2.84. The number of rotatable bonds is 7. The Balaban J connectivity index is 0.00000363. The van der Waals surface area contributed by atoms with Crippen LogP contribution in [0.5, 0.6) is 0 Å². The minimum Gasteiger partial charge on any atom is -0.357 e. The molecule has 0 aromatic heterocycles. The van der Waals surface area contributed by atoms with Crippen LogP contribution < -0.4 is 5.32 Å². The molecule has 1 saturated heterocycles. The van der Waals surface area contributed by atoms with Gasteiger partial charge in [0.15, 0.2) is 5.96 Å². The fourth-order valence-corrected chi connectivity index (χ4v) is 5.25. The van der Waals surface area contributed by atoms with Gasteiger partial charge in [-0.3, -0.25) is 0 Å². The Bertz CT molecular complexity index is 977. The Hall–Kier alpha value is -1.69. The summed E-state index contributed by atoms with van der Waals surface area (Å²) in [5, 5.41) is 3.31. The standard InChI is InChI=1S/C23H33N5O2S.HI/c1-4-24-23(27(3)19-20-10-6-5-7-11-20)25-18-21-12-8-9-13-22(21)31(29,30)28-16-14-26(2)15-17-28;/h5-13H,4,14-19H2,1-3H3,(H,24,25);1H. The van der Waals surface area contributed by atoms with Crippen LogP contribution in [-0.4, -0.2) is 75.3 Å². The summed E-state index contributed by atoms with van der Waals surface area (Å²) in [6.45, 7) is 6.29. The summed E-state index contributed by atoms with van der Waals surface area (Å²) in [5.74, 6) is 0.748. The van der Waals surface area contributed by atoms with Crippen LogP contribution in [0.4, 0.5) is 0 Å². The van der Waals surface area contributed by atoms with E-state index in [0.717, 1.165) is 25.6 Å². The van der Waals surface area contributed by atoms with E-state index in [0.29, 0.717) is 36.6 Å². The summed E-state index contributed by atoms with van der Waals surface area (Å²) in [5.41, 5.74) is 1.90. The topological polar surface area (TPSA) is 68.2 Å². The number of nitrogens with one attached hydrogen (secondary N) is 1. The van der Waals surface area contributed by atoms with Crippen molar-refractivity contribution in [2.45, 2.75) is 24.9 Å². The lowest BCUT2D eigenvalue weighted by Crippen LogP contribution is -2.47. The van der Waals surface area contributed by atoms with E-state index < -0.39 is 10.0 Å². The monoisotopic (exact) mass is 571 g/mol. The summed E-state index contributed by atoms with van der Waals surface area (Å²) in [6.07, 6.45) is 0. The van der Waals surface area contributed by atoms with Crippen LogP contribution in [0.2, 0.25) is 0 Å². The van der Waals surface area contributed by atoms with Gasteiger partial charge < -0.3 is 15.1 Å². The van der Waals surface area contributed by atoms with Crippen molar-refractivity contribution >= 4 is 40.0 Å². The molecule has 1 aliphatic heterocycles. The number of hydrogen-bond donors (Lipinski definition) is 1. The molecule has 0 atom stereocenters. The molecule has 1 fully saturated rings. The van der Waals surface area contributed by atoms with Gasteiger partial charge in [0.2, 0.25) is 10.0 Å². The molecular formula is C23H34IN5O2S. The third-order valence-electron chi connectivity index (χ3n) is 5.41. The van der Waals surface area contributed by atoms with Crippen LogP contribution in [0.1, 0.15) is 18.1 Å². The van der Waals surface area contributed by atoms with E-state index in [2.05, 4.69) is 27.2 Å². The Kier molecular flexibility index (Phi) is 10.4. The van der Waals surface area contributed by atoms with Crippen LogP contribution in [0.3, 0.4) is 0 Å². The van der Waals surface area contributed by atoms with Gasteiger partial charge in [-0.1, -0.05) is 48.5 Å². The van der Waals surface area contributed by atoms with Gasteiger partial charge in [0, 0.05) is 46.3 Å². The van der Waals surface area contributed by atoms with Gasteiger partial charge in [-0.15, -0.1) is 24.0 Å². The molecule has 0 amide bonds. The second-order valence-corrected chi connectivity index (χ2v) is 9.73. The Morgan fingerprint density at radius 1 is 1.03 bits per heavy atom. The molecule has 0 saturated carbocycles. The molecule has 1 N–H and O–H groups in total. The Labute approximate surface area is 209 Å². The maximum absolute atomic E-state index is 13.3. The highest BCUT2D eigenvalue weighted by Gasteiger charge is 2.29. The van der Waals surface area contributed by atoms with Crippen molar-refractivity contribution in [1.82, 2.24) is 19.4 Å². The molecule has 0 bridgehead atoms. The molecule has 0 radical (unpaired) electrons. The van der Waals surface area contributed by atoms with Crippen molar-refractivity contribution in [3.63, 3.8) is 0 Å². The molecule has 7 nitrogen and oxygen atoms in total. The third kappa shape index (κ3) is 6.90. The molecule has 176 valence electrons. The first kappa shape index (κ1) is 26.6. The van der Waals surface area contributed by atoms with Gasteiger partial charge in [0.1, 0.15) is 0 Å². The van der Waals surface area contributed by atoms with Crippen LogP contribution >= 0.6 is 24.0 Å². The van der Waals surface area contributed by atoms with E-state index >= 15 is 0 Å². The molecule has 9 heteroatoms. The van der Waals surface area contributed by atoms with Gasteiger partial charge in [-0.05, 0) is 31.2 Å². The van der Waals surface area contributed by atoms with E-state index in [1.54, 1.807) is 16.4 Å². The van der Waals surface area contributed by atoms with Gasteiger partial charge >= 0.3 is 0 Å². The summed E-state index contributed by atoms with van der Waals surface area (Å²) in [4.78, 5) is 9.30. The van der Waals surface area contributed by atoms with Crippen molar-refractivity contribution in [1.29, 1.82) is 0 Å². The molecule has 3 rings (SSSR count). The number of benzene rings is 2. The summed E-state index contributed by atoms with van der Waals surface area (Å²) >= 11 is 0. The maximum atomic E-state index is 13.3. The number of nitrogens with zero attached hydrogens (tertiary/aromatic N) is 4. The first-order chi connectivity index (χ1) is 14.9. The van der Waals surface area contributed by atoms with E-state index in [1.165, 1.54) is 5.56 Å². The Morgan fingerprint density at radius 3 is 2.31 bits per heavy atom. The number of sulfonamides is 1. The van der Waals surface area contributed by atoms with E-state index in [1.807, 2.05) is 51.4 Å².